The Morgan fingerprint density at radius 3 is 3.10 bits per heavy atom. The summed E-state index contributed by atoms with van der Waals surface area (Å²) in [5.41, 5.74) is 6.08. The van der Waals surface area contributed by atoms with Crippen LogP contribution in [0.25, 0.3) is 0 Å². The van der Waals surface area contributed by atoms with Gasteiger partial charge in [0.15, 0.2) is 0 Å². The zero-order chi connectivity index (χ0) is 15.1. The number of ether oxygens (including phenoxy) is 1. The third kappa shape index (κ3) is 4.86. The number of hydrogen-bond donors (Lipinski definition) is 2. The van der Waals surface area contributed by atoms with Crippen LogP contribution in [-0.4, -0.2) is 31.2 Å². The van der Waals surface area contributed by atoms with Crippen LogP contribution in [0.3, 0.4) is 0 Å². The Labute approximate surface area is 126 Å². The van der Waals surface area contributed by atoms with Crippen LogP contribution in [0, 0.1) is 5.92 Å². The van der Waals surface area contributed by atoms with Crippen LogP contribution in [-0.2, 0) is 16.0 Å². The van der Waals surface area contributed by atoms with Crippen LogP contribution >= 0.6 is 0 Å². The van der Waals surface area contributed by atoms with E-state index in [-0.39, 0.29) is 24.0 Å². The number of nitrogens with two attached hydrogens (primary N) is 1. The molecule has 1 saturated carbocycles. The van der Waals surface area contributed by atoms with E-state index in [2.05, 4.69) is 12.2 Å². The van der Waals surface area contributed by atoms with Crippen molar-refractivity contribution in [3.05, 3.63) is 24.2 Å². The lowest BCUT2D eigenvalue weighted by atomic mass is 9.83. The lowest BCUT2D eigenvalue weighted by Gasteiger charge is -2.33. The number of amides is 1. The van der Waals surface area contributed by atoms with Crippen molar-refractivity contribution in [1.29, 1.82) is 0 Å². The first-order valence-electron chi connectivity index (χ1n) is 7.88. The molecular formula is C16H26N2O3. The van der Waals surface area contributed by atoms with Crippen LogP contribution in [0.5, 0.6) is 0 Å². The highest BCUT2D eigenvalue weighted by Gasteiger charge is 2.32. The van der Waals surface area contributed by atoms with Gasteiger partial charge in [0.05, 0.1) is 12.4 Å². The first-order chi connectivity index (χ1) is 10.2. The quantitative estimate of drug-likeness (QED) is 0.804. The molecule has 118 valence electrons. The summed E-state index contributed by atoms with van der Waals surface area (Å²) in [5.74, 6) is 1.02. The molecule has 1 aromatic rings. The Hall–Kier alpha value is -1.33. The lowest BCUT2D eigenvalue weighted by molar-refractivity contribution is -0.128. The summed E-state index contributed by atoms with van der Waals surface area (Å²) in [5, 5.41) is 2.99. The summed E-state index contributed by atoms with van der Waals surface area (Å²) in [6.45, 7) is 3.40. The Morgan fingerprint density at radius 2 is 2.38 bits per heavy atom. The van der Waals surface area contributed by atoms with Crippen molar-refractivity contribution in [2.24, 2.45) is 11.7 Å². The second-order valence-corrected chi connectivity index (χ2v) is 5.70. The SMILES string of the molecule is CCCO[C@@H]1C[C@@H](C(=O)NCCc2ccco2)CC[C@H]1N. The van der Waals surface area contributed by atoms with Gasteiger partial charge in [0, 0.05) is 31.5 Å². The normalized spacial score (nSPS) is 25.7. The predicted molar refractivity (Wildman–Crippen MR) is 80.8 cm³/mol. The molecule has 0 aromatic carbocycles. The number of carbonyl (C=O) groups is 1. The largest absolute Gasteiger partial charge is 0.469 e. The highest BCUT2D eigenvalue weighted by Crippen LogP contribution is 2.26. The Bertz CT molecular complexity index is 419. The van der Waals surface area contributed by atoms with Crippen molar-refractivity contribution >= 4 is 5.91 Å². The first kappa shape index (κ1) is 16.0. The average molecular weight is 294 g/mol. The van der Waals surface area contributed by atoms with Gasteiger partial charge < -0.3 is 20.2 Å². The molecule has 0 radical (unpaired) electrons. The van der Waals surface area contributed by atoms with Crippen LogP contribution < -0.4 is 11.1 Å². The minimum Gasteiger partial charge on any atom is -0.469 e. The fraction of sp³-hybridized carbons (Fsp3) is 0.688. The van der Waals surface area contributed by atoms with E-state index in [4.69, 9.17) is 14.9 Å². The third-order valence-corrected chi connectivity index (χ3v) is 4.00. The molecule has 3 N–H and O–H groups in total. The third-order valence-electron chi connectivity index (χ3n) is 4.00. The van der Waals surface area contributed by atoms with Crippen LogP contribution in [0.1, 0.15) is 38.4 Å². The number of carbonyl (C=O) groups excluding carboxylic acids is 1. The molecule has 21 heavy (non-hydrogen) atoms. The standard InChI is InChI=1S/C16H26N2O3/c1-2-9-21-15-11-12(5-6-14(15)17)16(19)18-8-7-13-4-3-10-20-13/h3-4,10,12,14-15H,2,5-9,11,17H2,1H3,(H,18,19)/t12-,14+,15+/m0/s1. The van der Waals surface area contributed by atoms with E-state index in [1.807, 2.05) is 12.1 Å². The molecule has 1 heterocycles. The molecule has 0 bridgehead atoms. The minimum absolute atomic E-state index is 0.0134. The second kappa shape index (κ2) is 8.20. The number of furan rings is 1. The van der Waals surface area contributed by atoms with Crippen LogP contribution in [0.15, 0.2) is 22.8 Å². The second-order valence-electron chi connectivity index (χ2n) is 5.70. The molecule has 1 aliphatic rings. The maximum absolute atomic E-state index is 12.2. The number of nitrogens with one attached hydrogen (secondary N) is 1. The topological polar surface area (TPSA) is 77.5 Å². The Kier molecular flexibility index (Phi) is 6.26. The molecule has 1 amide bonds. The zero-order valence-corrected chi connectivity index (χ0v) is 12.7. The molecule has 5 nitrogen and oxygen atoms in total. The zero-order valence-electron chi connectivity index (χ0n) is 12.7. The van der Waals surface area contributed by atoms with Crippen molar-refractivity contribution < 1.29 is 13.9 Å². The molecule has 0 spiro atoms. The van der Waals surface area contributed by atoms with Crippen LogP contribution in [0.2, 0.25) is 0 Å². The molecule has 0 aliphatic heterocycles. The van der Waals surface area contributed by atoms with Crippen molar-refractivity contribution in [2.75, 3.05) is 13.2 Å². The molecule has 1 aliphatic carbocycles. The van der Waals surface area contributed by atoms with E-state index in [9.17, 15) is 4.79 Å². The summed E-state index contributed by atoms with van der Waals surface area (Å²) in [4.78, 5) is 12.2. The fourth-order valence-electron chi connectivity index (χ4n) is 2.76. The fourth-order valence-corrected chi connectivity index (χ4v) is 2.76. The van der Waals surface area contributed by atoms with Gasteiger partial charge in [-0.2, -0.15) is 0 Å². The molecular weight excluding hydrogens is 268 g/mol. The molecule has 2 rings (SSSR count). The summed E-state index contributed by atoms with van der Waals surface area (Å²) in [6, 6.07) is 3.83. The molecule has 1 aromatic heterocycles. The van der Waals surface area contributed by atoms with Gasteiger partial charge in [0.25, 0.3) is 0 Å². The predicted octanol–water partition coefficient (Wildman–Crippen LogP) is 1.86. The van der Waals surface area contributed by atoms with Gasteiger partial charge in [-0.15, -0.1) is 0 Å². The highest BCUT2D eigenvalue weighted by atomic mass is 16.5. The van der Waals surface area contributed by atoms with Crippen molar-refractivity contribution in [3.8, 4) is 0 Å². The summed E-state index contributed by atoms with van der Waals surface area (Å²) < 4.78 is 11.0. The van der Waals surface area contributed by atoms with Gasteiger partial charge in [-0.25, -0.2) is 0 Å². The first-order valence-corrected chi connectivity index (χ1v) is 7.88. The molecule has 5 heteroatoms. The smallest absolute Gasteiger partial charge is 0.223 e. The summed E-state index contributed by atoms with van der Waals surface area (Å²) >= 11 is 0. The van der Waals surface area contributed by atoms with E-state index in [1.54, 1.807) is 6.26 Å². The molecule has 3 atom stereocenters. The Morgan fingerprint density at radius 1 is 1.52 bits per heavy atom. The van der Waals surface area contributed by atoms with Crippen molar-refractivity contribution in [2.45, 2.75) is 51.2 Å². The summed E-state index contributed by atoms with van der Waals surface area (Å²) in [7, 11) is 0. The monoisotopic (exact) mass is 294 g/mol. The van der Waals surface area contributed by atoms with Gasteiger partial charge in [0.2, 0.25) is 5.91 Å². The molecule has 0 unspecified atom stereocenters. The van der Waals surface area contributed by atoms with Gasteiger partial charge >= 0.3 is 0 Å². The van der Waals surface area contributed by atoms with Gasteiger partial charge in [-0.1, -0.05) is 6.92 Å². The van der Waals surface area contributed by atoms with E-state index in [1.165, 1.54) is 0 Å². The minimum atomic E-state index is 0.0134. The van der Waals surface area contributed by atoms with E-state index < -0.39 is 0 Å². The van der Waals surface area contributed by atoms with E-state index in [0.717, 1.165) is 37.9 Å². The van der Waals surface area contributed by atoms with Crippen molar-refractivity contribution in [1.82, 2.24) is 5.32 Å². The Balaban J connectivity index is 1.73. The molecule has 0 saturated heterocycles. The van der Waals surface area contributed by atoms with E-state index >= 15 is 0 Å². The molecule has 1 fully saturated rings. The summed E-state index contributed by atoms with van der Waals surface area (Å²) in [6.07, 6.45) is 5.79. The lowest BCUT2D eigenvalue weighted by Crippen LogP contribution is -2.46. The van der Waals surface area contributed by atoms with E-state index in [0.29, 0.717) is 13.2 Å². The van der Waals surface area contributed by atoms with Gasteiger partial charge in [0.1, 0.15) is 5.76 Å². The average Bonchev–Trinajstić information content (AvgIpc) is 2.99. The highest BCUT2D eigenvalue weighted by molar-refractivity contribution is 5.78. The maximum Gasteiger partial charge on any atom is 0.223 e. The maximum atomic E-state index is 12.2. The van der Waals surface area contributed by atoms with Gasteiger partial charge in [-0.3, -0.25) is 4.79 Å². The number of hydrogen-bond acceptors (Lipinski definition) is 4. The van der Waals surface area contributed by atoms with Crippen molar-refractivity contribution in [3.63, 3.8) is 0 Å². The van der Waals surface area contributed by atoms with Crippen LogP contribution in [0.4, 0.5) is 0 Å². The number of rotatable bonds is 7. The van der Waals surface area contributed by atoms with Gasteiger partial charge in [-0.05, 0) is 37.8 Å².